The molecule has 1 atom stereocenters. The molecule has 0 spiro atoms. The zero-order valence-corrected chi connectivity index (χ0v) is 9.06. The van der Waals surface area contributed by atoms with Gasteiger partial charge in [0.05, 0.1) is 7.11 Å². The van der Waals surface area contributed by atoms with E-state index in [9.17, 15) is 0 Å². The van der Waals surface area contributed by atoms with E-state index in [2.05, 4.69) is 19.1 Å². The van der Waals surface area contributed by atoms with Crippen molar-refractivity contribution in [3.63, 3.8) is 0 Å². The number of rotatable bonds is 3. The van der Waals surface area contributed by atoms with Crippen molar-refractivity contribution in [3.8, 4) is 5.75 Å². The van der Waals surface area contributed by atoms with E-state index in [1.807, 2.05) is 13.0 Å². The molecule has 0 aromatic heterocycles. The first-order chi connectivity index (χ1) is 6.19. The Labute approximate surface area is 84.7 Å². The first-order valence-corrected chi connectivity index (χ1v) is 4.93. The number of aryl methyl sites for hydroxylation is 1. The van der Waals surface area contributed by atoms with Crippen LogP contribution in [-0.4, -0.2) is 13.0 Å². The summed E-state index contributed by atoms with van der Waals surface area (Å²) >= 11 is 5.78. The van der Waals surface area contributed by atoms with E-state index in [0.29, 0.717) is 11.8 Å². The summed E-state index contributed by atoms with van der Waals surface area (Å²) in [6, 6.07) is 6.19. The molecule has 0 bridgehead atoms. The average molecular weight is 199 g/mol. The first kappa shape index (κ1) is 10.4. The molecular weight excluding hydrogens is 184 g/mol. The Morgan fingerprint density at radius 2 is 2.15 bits per heavy atom. The molecule has 0 saturated carbocycles. The van der Waals surface area contributed by atoms with Crippen LogP contribution < -0.4 is 4.74 Å². The second kappa shape index (κ2) is 4.52. The van der Waals surface area contributed by atoms with Crippen molar-refractivity contribution < 1.29 is 4.74 Å². The van der Waals surface area contributed by atoms with Gasteiger partial charge in [-0.2, -0.15) is 0 Å². The van der Waals surface area contributed by atoms with Crippen molar-refractivity contribution in [2.75, 3.05) is 13.0 Å². The predicted octanol–water partition coefficient (Wildman–Crippen LogP) is 3.35. The smallest absolute Gasteiger partial charge is 0.121 e. The highest BCUT2D eigenvalue weighted by atomic mass is 35.5. The Kier molecular flexibility index (Phi) is 3.61. The number of hydrogen-bond acceptors (Lipinski definition) is 1. The predicted molar refractivity (Wildman–Crippen MR) is 56.9 cm³/mol. The minimum absolute atomic E-state index is 0.409. The van der Waals surface area contributed by atoms with Crippen molar-refractivity contribution in [1.82, 2.24) is 0 Å². The maximum atomic E-state index is 5.78. The van der Waals surface area contributed by atoms with Gasteiger partial charge in [-0.15, -0.1) is 11.6 Å². The van der Waals surface area contributed by atoms with Crippen LogP contribution in [-0.2, 0) is 0 Å². The standard InChI is InChI=1S/C11H15ClO/c1-8-6-10(9(2)7-12)4-5-11(8)13-3/h4-6,9H,7H2,1-3H3. The lowest BCUT2D eigenvalue weighted by atomic mass is 10.0. The molecule has 1 unspecified atom stereocenters. The summed E-state index contributed by atoms with van der Waals surface area (Å²) in [5.74, 6) is 2.00. The molecule has 2 heteroatoms. The number of alkyl halides is 1. The van der Waals surface area contributed by atoms with Crippen molar-refractivity contribution in [2.45, 2.75) is 19.8 Å². The van der Waals surface area contributed by atoms with Gasteiger partial charge in [-0.25, -0.2) is 0 Å². The quantitative estimate of drug-likeness (QED) is 0.677. The van der Waals surface area contributed by atoms with Crippen molar-refractivity contribution >= 4 is 11.6 Å². The molecule has 0 fully saturated rings. The number of methoxy groups -OCH3 is 1. The number of halogens is 1. The third kappa shape index (κ3) is 2.38. The van der Waals surface area contributed by atoms with Crippen LogP contribution in [0.25, 0.3) is 0 Å². The van der Waals surface area contributed by atoms with Crippen LogP contribution in [0.4, 0.5) is 0 Å². The lowest BCUT2D eigenvalue weighted by Crippen LogP contribution is -1.96. The van der Waals surface area contributed by atoms with Crippen LogP contribution in [0.2, 0.25) is 0 Å². The van der Waals surface area contributed by atoms with Crippen LogP contribution in [0.15, 0.2) is 18.2 Å². The maximum Gasteiger partial charge on any atom is 0.121 e. The van der Waals surface area contributed by atoms with Gasteiger partial charge < -0.3 is 4.74 Å². The van der Waals surface area contributed by atoms with E-state index in [1.165, 1.54) is 5.56 Å². The highest BCUT2D eigenvalue weighted by Gasteiger charge is 2.05. The number of benzene rings is 1. The molecule has 0 aliphatic carbocycles. The van der Waals surface area contributed by atoms with Crippen LogP contribution >= 0.6 is 11.6 Å². The van der Waals surface area contributed by atoms with Crippen molar-refractivity contribution in [1.29, 1.82) is 0 Å². The minimum atomic E-state index is 0.409. The molecule has 13 heavy (non-hydrogen) atoms. The van der Waals surface area contributed by atoms with Gasteiger partial charge in [-0.3, -0.25) is 0 Å². The van der Waals surface area contributed by atoms with Crippen LogP contribution in [0.1, 0.15) is 24.0 Å². The van der Waals surface area contributed by atoms with Gasteiger partial charge in [0.1, 0.15) is 5.75 Å². The Hall–Kier alpha value is -0.690. The van der Waals surface area contributed by atoms with Gasteiger partial charge in [0.25, 0.3) is 0 Å². The Morgan fingerprint density at radius 3 is 2.62 bits per heavy atom. The summed E-state index contributed by atoms with van der Waals surface area (Å²) in [6.07, 6.45) is 0. The molecule has 0 N–H and O–H groups in total. The Morgan fingerprint density at radius 1 is 1.46 bits per heavy atom. The summed E-state index contributed by atoms with van der Waals surface area (Å²) < 4.78 is 5.18. The van der Waals surface area contributed by atoms with Crippen LogP contribution in [0.5, 0.6) is 5.75 Å². The fourth-order valence-corrected chi connectivity index (χ4v) is 1.48. The van der Waals surface area contributed by atoms with Crippen molar-refractivity contribution in [3.05, 3.63) is 29.3 Å². The lowest BCUT2D eigenvalue weighted by molar-refractivity contribution is 0.411. The molecule has 1 aromatic carbocycles. The Bertz CT molecular complexity index is 283. The molecule has 0 aliphatic heterocycles. The second-order valence-electron chi connectivity index (χ2n) is 3.28. The highest BCUT2D eigenvalue weighted by molar-refractivity contribution is 6.18. The first-order valence-electron chi connectivity index (χ1n) is 4.39. The van der Waals surface area contributed by atoms with E-state index in [0.717, 1.165) is 11.3 Å². The van der Waals surface area contributed by atoms with E-state index < -0.39 is 0 Å². The molecule has 0 saturated heterocycles. The molecule has 72 valence electrons. The third-order valence-electron chi connectivity index (χ3n) is 2.22. The van der Waals surface area contributed by atoms with Gasteiger partial charge in [0, 0.05) is 5.88 Å². The SMILES string of the molecule is COc1ccc(C(C)CCl)cc1C. The maximum absolute atomic E-state index is 5.78. The second-order valence-corrected chi connectivity index (χ2v) is 3.59. The van der Waals surface area contributed by atoms with Crippen LogP contribution in [0.3, 0.4) is 0 Å². The van der Waals surface area contributed by atoms with Crippen molar-refractivity contribution in [2.24, 2.45) is 0 Å². The molecule has 0 radical (unpaired) electrons. The van der Waals surface area contributed by atoms with Crippen LogP contribution in [0, 0.1) is 6.92 Å². The lowest BCUT2D eigenvalue weighted by Gasteiger charge is -2.11. The molecular formula is C11H15ClO. The molecule has 0 heterocycles. The van der Waals surface area contributed by atoms with Gasteiger partial charge >= 0.3 is 0 Å². The van der Waals surface area contributed by atoms with E-state index in [-0.39, 0.29) is 0 Å². The number of ether oxygens (including phenoxy) is 1. The summed E-state index contributed by atoms with van der Waals surface area (Å²) in [4.78, 5) is 0. The Balaban J connectivity index is 2.95. The van der Waals surface area contributed by atoms with Gasteiger partial charge in [0.15, 0.2) is 0 Å². The summed E-state index contributed by atoms with van der Waals surface area (Å²) in [7, 11) is 1.69. The topological polar surface area (TPSA) is 9.23 Å². The molecule has 0 amide bonds. The molecule has 0 aliphatic rings. The summed E-state index contributed by atoms with van der Waals surface area (Å²) in [5, 5.41) is 0. The third-order valence-corrected chi connectivity index (χ3v) is 2.68. The summed E-state index contributed by atoms with van der Waals surface area (Å²) in [6.45, 7) is 4.16. The van der Waals surface area contributed by atoms with E-state index >= 15 is 0 Å². The normalized spacial score (nSPS) is 12.6. The van der Waals surface area contributed by atoms with Gasteiger partial charge in [-0.1, -0.05) is 19.1 Å². The zero-order chi connectivity index (χ0) is 9.84. The van der Waals surface area contributed by atoms with Gasteiger partial charge in [-0.05, 0) is 30.0 Å². The molecule has 1 nitrogen and oxygen atoms in total. The average Bonchev–Trinajstić information content (AvgIpc) is 2.16. The highest BCUT2D eigenvalue weighted by Crippen LogP contribution is 2.23. The fraction of sp³-hybridized carbons (Fsp3) is 0.455. The van der Waals surface area contributed by atoms with E-state index in [1.54, 1.807) is 7.11 Å². The largest absolute Gasteiger partial charge is 0.496 e. The molecule has 1 aromatic rings. The van der Waals surface area contributed by atoms with E-state index in [4.69, 9.17) is 16.3 Å². The molecule has 1 rings (SSSR count). The van der Waals surface area contributed by atoms with Gasteiger partial charge in [0.2, 0.25) is 0 Å². The monoisotopic (exact) mass is 198 g/mol. The summed E-state index contributed by atoms with van der Waals surface area (Å²) in [5.41, 5.74) is 2.44. The minimum Gasteiger partial charge on any atom is -0.496 e. The number of hydrogen-bond donors (Lipinski definition) is 0. The zero-order valence-electron chi connectivity index (χ0n) is 8.30. The fourth-order valence-electron chi connectivity index (χ4n) is 1.30.